The summed E-state index contributed by atoms with van der Waals surface area (Å²) in [6, 6.07) is 6.91. The third-order valence-electron chi connectivity index (χ3n) is 3.56. The van der Waals surface area contributed by atoms with Gasteiger partial charge in [0, 0.05) is 16.8 Å². The van der Waals surface area contributed by atoms with Crippen molar-refractivity contribution in [2.75, 3.05) is 11.4 Å². The summed E-state index contributed by atoms with van der Waals surface area (Å²) in [5, 5.41) is 0.565. The molecule has 2 aliphatic rings. The lowest BCUT2D eigenvalue weighted by Gasteiger charge is -2.32. The zero-order valence-electron chi connectivity index (χ0n) is 9.80. The molecule has 5 heteroatoms. The van der Waals surface area contributed by atoms with E-state index < -0.39 is 0 Å². The van der Waals surface area contributed by atoms with Gasteiger partial charge in [0.1, 0.15) is 6.54 Å². The number of amides is 3. The lowest BCUT2D eigenvalue weighted by Crippen LogP contribution is -2.44. The third-order valence-corrected chi connectivity index (χ3v) is 3.79. The van der Waals surface area contributed by atoms with Crippen LogP contribution in [0, 0.1) is 0 Å². The lowest BCUT2D eigenvalue weighted by molar-refractivity contribution is -0.127. The highest BCUT2D eigenvalue weighted by Crippen LogP contribution is 2.31. The van der Waals surface area contributed by atoms with Gasteiger partial charge in [-0.1, -0.05) is 17.7 Å². The molecule has 18 heavy (non-hydrogen) atoms. The molecule has 1 saturated heterocycles. The standard InChI is InChI=1S/C13H13ClN2O2/c14-9-3-1-6-11(7-9)15-8-12(17)16(13(15)18)10-4-2-5-10/h1,3,6-7,10H,2,4-5,8H2. The number of nitrogens with zero attached hydrogens (tertiary/aromatic N) is 2. The molecule has 1 aromatic rings. The predicted octanol–water partition coefficient (Wildman–Crippen LogP) is 2.66. The number of benzene rings is 1. The molecule has 94 valence electrons. The van der Waals surface area contributed by atoms with Crippen LogP contribution >= 0.6 is 11.6 Å². The highest BCUT2D eigenvalue weighted by molar-refractivity contribution is 6.31. The summed E-state index contributed by atoms with van der Waals surface area (Å²) in [5.41, 5.74) is 0.683. The molecule has 1 saturated carbocycles. The van der Waals surface area contributed by atoms with Crippen molar-refractivity contribution in [2.45, 2.75) is 25.3 Å². The average Bonchev–Trinajstić information content (AvgIpc) is 2.55. The van der Waals surface area contributed by atoms with E-state index >= 15 is 0 Å². The van der Waals surface area contributed by atoms with Crippen molar-refractivity contribution in [3.05, 3.63) is 29.3 Å². The van der Waals surface area contributed by atoms with E-state index in [1.165, 1.54) is 9.80 Å². The van der Waals surface area contributed by atoms with Crippen molar-refractivity contribution < 1.29 is 9.59 Å². The fourth-order valence-corrected chi connectivity index (χ4v) is 2.55. The van der Waals surface area contributed by atoms with Crippen LogP contribution in [-0.4, -0.2) is 29.4 Å². The van der Waals surface area contributed by atoms with Crippen LogP contribution in [-0.2, 0) is 4.79 Å². The summed E-state index contributed by atoms with van der Waals surface area (Å²) in [6.07, 6.45) is 2.96. The zero-order valence-corrected chi connectivity index (χ0v) is 10.6. The minimum absolute atomic E-state index is 0.106. The normalized spacial score (nSPS) is 20.5. The Morgan fingerprint density at radius 1 is 1.22 bits per heavy atom. The van der Waals surface area contributed by atoms with Gasteiger partial charge >= 0.3 is 6.03 Å². The van der Waals surface area contributed by atoms with E-state index in [9.17, 15) is 9.59 Å². The second-order valence-electron chi connectivity index (χ2n) is 4.70. The number of hydrogen-bond donors (Lipinski definition) is 0. The molecule has 0 radical (unpaired) electrons. The molecule has 3 amide bonds. The number of rotatable bonds is 2. The van der Waals surface area contributed by atoms with Gasteiger partial charge in [0.15, 0.2) is 0 Å². The van der Waals surface area contributed by atoms with E-state index in [0.29, 0.717) is 10.7 Å². The van der Waals surface area contributed by atoms with Gasteiger partial charge in [-0.15, -0.1) is 0 Å². The largest absolute Gasteiger partial charge is 0.331 e. The number of carbonyl (C=O) groups is 2. The maximum Gasteiger partial charge on any atom is 0.331 e. The second-order valence-corrected chi connectivity index (χ2v) is 5.13. The number of carbonyl (C=O) groups excluding carboxylic acids is 2. The SMILES string of the molecule is O=C1CN(c2cccc(Cl)c2)C(=O)N1C1CCC1. The highest BCUT2D eigenvalue weighted by Gasteiger charge is 2.42. The van der Waals surface area contributed by atoms with E-state index in [4.69, 9.17) is 11.6 Å². The Kier molecular flexibility index (Phi) is 2.74. The number of halogens is 1. The van der Waals surface area contributed by atoms with Crippen molar-refractivity contribution in [1.29, 1.82) is 0 Å². The quantitative estimate of drug-likeness (QED) is 0.771. The minimum Gasteiger partial charge on any atom is -0.284 e. The number of urea groups is 1. The summed E-state index contributed by atoms with van der Waals surface area (Å²) in [4.78, 5) is 27.1. The van der Waals surface area contributed by atoms with Crippen LogP contribution in [0.5, 0.6) is 0 Å². The molecule has 0 spiro atoms. The Bertz CT molecular complexity index is 513. The van der Waals surface area contributed by atoms with Crippen molar-refractivity contribution in [1.82, 2.24) is 4.90 Å². The first-order valence-electron chi connectivity index (χ1n) is 6.06. The van der Waals surface area contributed by atoms with Gasteiger partial charge in [0.05, 0.1) is 0 Å². The summed E-state index contributed by atoms with van der Waals surface area (Å²) < 4.78 is 0. The second kappa shape index (κ2) is 4.28. The van der Waals surface area contributed by atoms with Crippen LogP contribution in [0.15, 0.2) is 24.3 Å². The van der Waals surface area contributed by atoms with E-state index in [0.717, 1.165) is 19.3 Å². The molecule has 3 rings (SSSR count). The highest BCUT2D eigenvalue weighted by atomic mass is 35.5. The van der Waals surface area contributed by atoms with Crippen LogP contribution in [0.1, 0.15) is 19.3 Å². The Labute approximate surface area is 110 Å². The average molecular weight is 265 g/mol. The molecule has 1 aromatic carbocycles. The first kappa shape index (κ1) is 11.5. The van der Waals surface area contributed by atoms with Crippen molar-refractivity contribution >= 4 is 29.2 Å². The monoisotopic (exact) mass is 264 g/mol. The third kappa shape index (κ3) is 1.77. The Morgan fingerprint density at radius 3 is 2.61 bits per heavy atom. The molecule has 1 heterocycles. The summed E-state index contributed by atoms with van der Waals surface area (Å²) >= 11 is 5.91. The maximum absolute atomic E-state index is 12.2. The first-order valence-corrected chi connectivity index (χ1v) is 6.44. The smallest absolute Gasteiger partial charge is 0.284 e. The van der Waals surface area contributed by atoms with Gasteiger partial charge in [-0.05, 0) is 37.5 Å². The molecular formula is C13H13ClN2O2. The van der Waals surface area contributed by atoms with Crippen LogP contribution in [0.4, 0.5) is 10.5 Å². The fourth-order valence-electron chi connectivity index (χ4n) is 2.37. The lowest BCUT2D eigenvalue weighted by atomic mass is 9.92. The summed E-state index contributed by atoms with van der Waals surface area (Å²) in [6.45, 7) is 0.121. The van der Waals surface area contributed by atoms with Crippen LogP contribution in [0.3, 0.4) is 0 Å². The molecule has 2 fully saturated rings. The molecule has 0 atom stereocenters. The summed E-state index contributed by atoms with van der Waals surface area (Å²) in [7, 11) is 0. The van der Waals surface area contributed by atoms with Gasteiger partial charge in [-0.3, -0.25) is 14.6 Å². The number of hydrogen-bond acceptors (Lipinski definition) is 2. The molecule has 1 aliphatic carbocycles. The minimum atomic E-state index is -0.216. The molecular weight excluding hydrogens is 252 g/mol. The molecule has 1 aliphatic heterocycles. The molecule has 4 nitrogen and oxygen atoms in total. The van der Waals surface area contributed by atoms with Crippen LogP contribution < -0.4 is 4.90 Å². The molecule has 0 N–H and O–H groups in total. The van der Waals surface area contributed by atoms with Gasteiger partial charge in [0.25, 0.3) is 5.91 Å². The first-order chi connectivity index (χ1) is 8.66. The van der Waals surface area contributed by atoms with Crippen molar-refractivity contribution in [3.63, 3.8) is 0 Å². The van der Waals surface area contributed by atoms with Crippen molar-refractivity contribution in [2.24, 2.45) is 0 Å². The topological polar surface area (TPSA) is 40.6 Å². The Balaban J connectivity index is 1.87. The van der Waals surface area contributed by atoms with Gasteiger partial charge in [-0.25, -0.2) is 4.79 Å². The van der Waals surface area contributed by atoms with Crippen LogP contribution in [0.25, 0.3) is 0 Å². The molecule has 0 unspecified atom stereocenters. The van der Waals surface area contributed by atoms with E-state index in [2.05, 4.69) is 0 Å². The van der Waals surface area contributed by atoms with Crippen molar-refractivity contribution in [3.8, 4) is 0 Å². The maximum atomic E-state index is 12.2. The van der Waals surface area contributed by atoms with Crippen LogP contribution in [0.2, 0.25) is 5.02 Å². The molecule has 0 aromatic heterocycles. The van der Waals surface area contributed by atoms with E-state index in [-0.39, 0.29) is 24.5 Å². The zero-order chi connectivity index (χ0) is 12.7. The van der Waals surface area contributed by atoms with E-state index in [1.807, 2.05) is 0 Å². The van der Waals surface area contributed by atoms with E-state index in [1.54, 1.807) is 24.3 Å². The number of imide groups is 1. The summed E-state index contributed by atoms with van der Waals surface area (Å²) in [5.74, 6) is -0.107. The molecule has 0 bridgehead atoms. The number of anilines is 1. The Hall–Kier alpha value is -1.55. The van der Waals surface area contributed by atoms with Gasteiger partial charge in [0.2, 0.25) is 0 Å². The van der Waals surface area contributed by atoms with Gasteiger partial charge in [-0.2, -0.15) is 0 Å². The Morgan fingerprint density at radius 2 is 2.00 bits per heavy atom. The van der Waals surface area contributed by atoms with Gasteiger partial charge < -0.3 is 0 Å². The fraction of sp³-hybridized carbons (Fsp3) is 0.385. The predicted molar refractivity (Wildman–Crippen MR) is 68.7 cm³/mol.